The molecule has 3 aromatic rings. The third-order valence-corrected chi connectivity index (χ3v) is 4.94. The highest BCUT2D eigenvalue weighted by molar-refractivity contribution is 7.80. The summed E-state index contributed by atoms with van der Waals surface area (Å²) in [5, 5.41) is 5.22. The monoisotopic (exact) mass is 476 g/mol. The van der Waals surface area contributed by atoms with Crippen molar-refractivity contribution in [3.8, 4) is 5.75 Å². The molecule has 0 spiro atoms. The van der Waals surface area contributed by atoms with Gasteiger partial charge in [0.2, 0.25) is 0 Å². The largest absolute Gasteiger partial charge is 0.494 e. The molecule has 0 saturated carbocycles. The maximum Gasteiger partial charge on any atom is 0.269 e. The van der Waals surface area contributed by atoms with Crippen LogP contribution >= 0.6 is 12.2 Å². The molecular weight excluding hydrogens is 452 g/mol. The molecule has 0 aromatic heterocycles. The first kappa shape index (κ1) is 24.4. The van der Waals surface area contributed by atoms with E-state index in [1.54, 1.807) is 60.7 Å². The zero-order valence-electron chi connectivity index (χ0n) is 18.7. The van der Waals surface area contributed by atoms with Gasteiger partial charge in [-0.15, -0.1) is 0 Å². The fourth-order valence-electron chi connectivity index (χ4n) is 2.99. The van der Waals surface area contributed by atoms with E-state index in [1.807, 2.05) is 26.0 Å². The van der Waals surface area contributed by atoms with Crippen LogP contribution in [0.5, 0.6) is 5.75 Å². The minimum absolute atomic E-state index is 0.0608. The number of rotatable bonds is 6. The first-order valence-electron chi connectivity index (χ1n) is 10.5. The maximum atomic E-state index is 12.4. The third-order valence-electron chi connectivity index (χ3n) is 4.74. The first-order valence-corrected chi connectivity index (χ1v) is 10.9. The molecule has 4 N–H and O–H groups in total. The van der Waals surface area contributed by atoms with E-state index < -0.39 is 11.8 Å². The van der Waals surface area contributed by atoms with Crippen LogP contribution in [0.15, 0.2) is 72.8 Å². The number of carbonyl (C=O) groups excluding carboxylic acids is 3. The summed E-state index contributed by atoms with van der Waals surface area (Å²) in [6, 6.07) is 20.2. The van der Waals surface area contributed by atoms with Crippen molar-refractivity contribution in [1.29, 1.82) is 0 Å². The van der Waals surface area contributed by atoms with Crippen molar-refractivity contribution >= 4 is 40.7 Å². The summed E-state index contributed by atoms with van der Waals surface area (Å²) in [5.74, 6) is -0.462. The van der Waals surface area contributed by atoms with Gasteiger partial charge in [0.15, 0.2) is 5.11 Å². The van der Waals surface area contributed by atoms with Gasteiger partial charge in [-0.2, -0.15) is 0 Å². The molecule has 0 fully saturated rings. The Bertz CT molecular complexity index is 1190. The molecule has 0 radical (unpaired) electrons. The summed E-state index contributed by atoms with van der Waals surface area (Å²) in [6.45, 7) is 4.27. The average molecular weight is 477 g/mol. The summed E-state index contributed by atoms with van der Waals surface area (Å²) in [7, 11) is 0. The topological polar surface area (TPSA) is 109 Å². The fourth-order valence-corrected chi connectivity index (χ4v) is 3.14. The van der Waals surface area contributed by atoms with Gasteiger partial charge in [-0.3, -0.25) is 30.6 Å². The molecule has 0 bridgehead atoms. The number of anilines is 1. The molecule has 0 atom stereocenters. The summed E-state index contributed by atoms with van der Waals surface area (Å²) in [4.78, 5) is 37.0. The van der Waals surface area contributed by atoms with Crippen LogP contribution < -0.4 is 26.2 Å². The molecule has 0 saturated heterocycles. The zero-order chi connectivity index (χ0) is 24.5. The van der Waals surface area contributed by atoms with Gasteiger partial charge in [-0.05, 0) is 86.2 Å². The Morgan fingerprint density at radius 1 is 0.794 bits per heavy atom. The van der Waals surface area contributed by atoms with Crippen LogP contribution in [0.1, 0.15) is 43.6 Å². The van der Waals surface area contributed by atoms with Crippen LogP contribution in [0.3, 0.4) is 0 Å². The number of hydrogen-bond donors (Lipinski definition) is 4. The van der Waals surface area contributed by atoms with Crippen molar-refractivity contribution in [3.05, 3.63) is 95.1 Å². The molecule has 34 heavy (non-hydrogen) atoms. The summed E-state index contributed by atoms with van der Waals surface area (Å²) in [6.07, 6.45) is 0. The van der Waals surface area contributed by atoms with Gasteiger partial charge in [0, 0.05) is 22.4 Å². The van der Waals surface area contributed by atoms with Crippen molar-refractivity contribution in [2.75, 3.05) is 11.9 Å². The van der Waals surface area contributed by atoms with Gasteiger partial charge in [-0.25, -0.2) is 0 Å². The Morgan fingerprint density at radius 3 is 2.06 bits per heavy atom. The number of nitrogens with one attached hydrogen (secondary N) is 4. The fraction of sp³-hybridized carbons (Fsp3) is 0.120. The lowest BCUT2D eigenvalue weighted by Crippen LogP contribution is -2.48. The van der Waals surface area contributed by atoms with Crippen molar-refractivity contribution in [2.24, 2.45) is 0 Å². The molecule has 8 nitrogen and oxygen atoms in total. The molecule has 0 aliphatic heterocycles. The molecular formula is C25H24N4O4S. The highest BCUT2D eigenvalue weighted by Crippen LogP contribution is 2.14. The predicted octanol–water partition coefficient (Wildman–Crippen LogP) is 3.60. The van der Waals surface area contributed by atoms with E-state index in [-0.39, 0.29) is 11.0 Å². The second-order valence-corrected chi connectivity index (χ2v) is 7.57. The smallest absolute Gasteiger partial charge is 0.269 e. The Hall–Kier alpha value is -4.24. The number of carbonyl (C=O) groups is 3. The lowest BCUT2D eigenvalue weighted by molar-refractivity contribution is 0.0934. The second-order valence-electron chi connectivity index (χ2n) is 7.17. The number of ether oxygens (including phenoxy) is 1. The summed E-state index contributed by atoms with van der Waals surface area (Å²) in [5.41, 5.74) is 7.64. The van der Waals surface area contributed by atoms with Crippen LogP contribution in [-0.2, 0) is 0 Å². The lowest BCUT2D eigenvalue weighted by Gasteiger charge is -2.12. The molecule has 174 valence electrons. The maximum absolute atomic E-state index is 12.4. The number of benzene rings is 3. The van der Waals surface area contributed by atoms with Crippen LogP contribution in [0.25, 0.3) is 0 Å². The van der Waals surface area contributed by atoms with E-state index in [2.05, 4.69) is 21.5 Å². The van der Waals surface area contributed by atoms with Crippen LogP contribution in [0, 0.1) is 6.92 Å². The van der Waals surface area contributed by atoms with E-state index in [0.29, 0.717) is 34.7 Å². The van der Waals surface area contributed by atoms with E-state index in [0.717, 1.165) is 5.56 Å². The predicted molar refractivity (Wildman–Crippen MR) is 134 cm³/mol. The Balaban J connectivity index is 1.48. The standard InChI is InChI=1S/C25H24N4O4S/c1-3-33-20-14-10-17(11-15-20)22(30)27-25(34)29-28-23(31)18-8-12-19(13-9-18)26-24(32)21-7-5-4-6-16(21)2/h4-15H,3H2,1-2H3,(H,26,32)(H,28,31)(H2,27,29,30,34). The van der Waals surface area contributed by atoms with Crippen molar-refractivity contribution in [1.82, 2.24) is 16.2 Å². The summed E-state index contributed by atoms with van der Waals surface area (Å²) >= 11 is 5.06. The molecule has 3 aromatic carbocycles. The van der Waals surface area contributed by atoms with Crippen LogP contribution in [-0.4, -0.2) is 29.4 Å². The van der Waals surface area contributed by atoms with E-state index in [9.17, 15) is 14.4 Å². The van der Waals surface area contributed by atoms with Gasteiger partial charge in [0.25, 0.3) is 17.7 Å². The first-order chi connectivity index (χ1) is 16.4. The van der Waals surface area contributed by atoms with Crippen molar-refractivity contribution in [2.45, 2.75) is 13.8 Å². The highest BCUT2D eigenvalue weighted by Gasteiger charge is 2.11. The van der Waals surface area contributed by atoms with Gasteiger partial charge in [0.05, 0.1) is 6.61 Å². The SMILES string of the molecule is CCOc1ccc(C(=O)NC(=S)NNC(=O)c2ccc(NC(=O)c3ccccc3C)cc2)cc1. The third kappa shape index (κ3) is 6.63. The summed E-state index contributed by atoms with van der Waals surface area (Å²) < 4.78 is 5.34. The average Bonchev–Trinajstić information content (AvgIpc) is 2.84. The van der Waals surface area contributed by atoms with E-state index >= 15 is 0 Å². The van der Waals surface area contributed by atoms with Crippen LogP contribution in [0.2, 0.25) is 0 Å². The zero-order valence-corrected chi connectivity index (χ0v) is 19.5. The number of thiocarbonyl (C=S) groups is 1. The van der Waals surface area contributed by atoms with E-state index in [4.69, 9.17) is 17.0 Å². The second kappa shape index (κ2) is 11.6. The van der Waals surface area contributed by atoms with Gasteiger partial charge in [-0.1, -0.05) is 18.2 Å². The highest BCUT2D eigenvalue weighted by atomic mass is 32.1. The Labute approximate surface area is 202 Å². The van der Waals surface area contributed by atoms with Crippen LogP contribution in [0.4, 0.5) is 5.69 Å². The Morgan fingerprint density at radius 2 is 1.41 bits per heavy atom. The minimum atomic E-state index is -0.463. The van der Waals surface area contributed by atoms with Crippen molar-refractivity contribution in [3.63, 3.8) is 0 Å². The van der Waals surface area contributed by atoms with Gasteiger partial charge in [0.1, 0.15) is 5.75 Å². The number of hydrazine groups is 1. The molecule has 0 heterocycles. The molecule has 0 unspecified atom stereocenters. The molecule has 3 amide bonds. The number of aryl methyl sites for hydroxylation is 1. The molecule has 0 aliphatic carbocycles. The molecule has 0 aliphatic rings. The normalized spacial score (nSPS) is 10.1. The van der Waals surface area contributed by atoms with Crippen molar-refractivity contribution < 1.29 is 19.1 Å². The van der Waals surface area contributed by atoms with Gasteiger partial charge < -0.3 is 10.1 Å². The van der Waals surface area contributed by atoms with Gasteiger partial charge >= 0.3 is 0 Å². The number of amides is 3. The lowest BCUT2D eigenvalue weighted by atomic mass is 10.1. The number of hydrogen-bond acceptors (Lipinski definition) is 5. The Kier molecular flexibility index (Phi) is 8.31. The quantitative estimate of drug-likeness (QED) is 0.320. The minimum Gasteiger partial charge on any atom is -0.494 e. The molecule has 3 rings (SSSR count). The molecule has 9 heteroatoms. The van der Waals surface area contributed by atoms with E-state index in [1.165, 1.54) is 0 Å².